The lowest BCUT2D eigenvalue weighted by atomic mass is 10.0. The Bertz CT molecular complexity index is 235. The van der Waals surface area contributed by atoms with Gasteiger partial charge in [-0.05, 0) is 5.92 Å². The Morgan fingerprint density at radius 2 is 1.80 bits per heavy atom. The summed E-state index contributed by atoms with van der Waals surface area (Å²) in [6.07, 6.45) is 0.853. The van der Waals surface area contributed by atoms with Crippen molar-refractivity contribution in [3.8, 4) is 0 Å². The highest BCUT2D eigenvalue weighted by Gasteiger charge is 2.29. The molecular weight excluding hydrogens is 194 g/mol. The zero-order valence-electron chi connectivity index (χ0n) is 9.35. The van der Waals surface area contributed by atoms with Gasteiger partial charge in [0.25, 0.3) is 0 Å². The number of primary amides is 1. The van der Waals surface area contributed by atoms with E-state index in [-0.39, 0.29) is 17.9 Å². The molecule has 86 valence electrons. The number of rotatable bonds is 4. The van der Waals surface area contributed by atoms with E-state index in [9.17, 15) is 9.59 Å². The molecule has 0 spiro atoms. The summed E-state index contributed by atoms with van der Waals surface area (Å²) in [5.41, 5.74) is 5.37. The molecule has 1 unspecified atom stereocenters. The van der Waals surface area contributed by atoms with Crippen LogP contribution in [0.1, 0.15) is 13.8 Å². The summed E-state index contributed by atoms with van der Waals surface area (Å²) in [6.45, 7) is 6.79. The second-order valence-electron chi connectivity index (χ2n) is 4.27. The smallest absolute Gasteiger partial charge is 0.235 e. The monoisotopic (exact) mass is 213 g/mol. The first-order valence-electron chi connectivity index (χ1n) is 5.29. The quantitative estimate of drug-likeness (QED) is 0.626. The molecule has 5 nitrogen and oxygen atoms in total. The standard InChI is InChI=1S/C10H19N3O2/c1-8(2)9(10(11)15)13-5-3-12(7-14)4-6-13/h7-9H,3-6H2,1-2H3,(H2,11,15). The first kappa shape index (κ1) is 12.0. The van der Waals surface area contributed by atoms with E-state index < -0.39 is 0 Å². The molecule has 0 aromatic rings. The van der Waals surface area contributed by atoms with Crippen molar-refractivity contribution in [3.63, 3.8) is 0 Å². The first-order chi connectivity index (χ1) is 7.06. The zero-order valence-corrected chi connectivity index (χ0v) is 9.35. The number of hydrogen-bond donors (Lipinski definition) is 1. The van der Waals surface area contributed by atoms with Crippen molar-refractivity contribution in [1.29, 1.82) is 0 Å². The fourth-order valence-electron chi connectivity index (χ4n) is 2.05. The van der Waals surface area contributed by atoms with Gasteiger partial charge in [-0.3, -0.25) is 14.5 Å². The lowest BCUT2D eigenvalue weighted by Gasteiger charge is -2.38. The summed E-state index contributed by atoms with van der Waals surface area (Å²) in [5.74, 6) is -0.0603. The number of carbonyl (C=O) groups is 2. The second kappa shape index (κ2) is 5.11. The van der Waals surface area contributed by atoms with Crippen LogP contribution in [0.25, 0.3) is 0 Å². The zero-order chi connectivity index (χ0) is 11.4. The van der Waals surface area contributed by atoms with Crippen molar-refractivity contribution in [2.45, 2.75) is 19.9 Å². The van der Waals surface area contributed by atoms with Crippen LogP contribution >= 0.6 is 0 Å². The summed E-state index contributed by atoms with van der Waals surface area (Å²) < 4.78 is 0. The molecule has 2 N–H and O–H groups in total. The van der Waals surface area contributed by atoms with Crippen molar-refractivity contribution in [1.82, 2.24) is 9.80 Å². The lowest BCUT2D eigenvalue weighted by Crippen LogP contribution is -2.55. The Hall–Kier alpha value is -1.10. The first-order valence-corrected chi connectivity index (χ1v) is 5.29. The summed E-state index contributed by atoms with van der Waals surface area (Å²) >= 11 is 0. The number of nitrogens with two attached hydrogens (primary N) is 1. The fraction of sp³-hybridized carbons (Fsp3) is 0.800. The van der Waals surface area contributed by atoms with Gasteiger partial charge in [0.1, 0.15) is 0 Å². The predicted molar refractivity (Wildman–Crippen MR) is 57.0 cm³/mol. The molecule has 0 aliphatic carbocycles. The lowest BCUT2D eigenvalue weighted by molar-refractivity contribution is -0.126. The van der Waals surface area contributed by atoms with E-state index in [1.165, 1.54) is 0 Å². The van der Waals surface area contributed by atoms with E-state index in [0.29, 0.717) is 13.1 Å². The topological polar surface area (TPSA) is 66.6 Å². The van der Waals surface area contributed by atoms with Crippen LogP contribution < -0.4 is 5.73 Å². The van der Waals surface area contributed by atoms with Crippen LogP contribution in [0.4, 0.5) is 0 Å². The molecule has 0 aromatic carbocycles. The van der Waals surface area contributed by atoms with Gasteiger partial charge in [0, 0.05) is 26.2 Å². The van der Waals surface area contributed by atoms with Gasteiger partial charge in [-0.2, -0.15) is 0 Å². The average molecular weight is 213 g/mol. The predicted octanol–water partition coefficient (Wildman–Crippen LogP) is -0.730. The van der Waals surface area contributed by atoms with Gasteiger partial charge in [0.15, 0.2) is 0 Å². The van der Waals surface area contributed by atoms with Gasteiger partial charge in [0.05, 0.1) is 6.04 Å². The number of piperazine rings is 1. The molecule has 1 aliphatic rings. The summed E-state index contributed by atoms with van der Waals surface area (Å²) in [7, 11) is 0. The molecule has 0 bridgehead atoms. The van der Waals surface area contributed by atoms with Crippen molar-refractivity contribution in [2.75, 3.05) is 26.2 Å². The molecule has 1 saturated heterocycles. The molecule has 0 saturated carbocycles. The molecule has 2 amide bonds. The number of hydrogen-bond acceptors (Lipinski definition) is 3. The summed E-state index contributed by atoms with van der Waals surface area (Å²) in [5, 5.41) is 0. The van der Waals surface area contributed by atoms with Gasteiger partial charge in [0.2, 0.25) is 12.3 Å². The third kappa shape index (κ3) is 2.92. The maximum absolute atomic E-state index is 11.3. The van der Waals surface area contributed by atoms with Crippen LogP contribution in [-0.2, 0) is 9.59 Å². The Kier molecular flexibility index (Phi) is 4.08. The van der Waals surface area contributed by atoms with Crippen molar-refractivity contribution >= 4 is 12.3 Å². The van der Waals surface area contributed by atoms with E-state index in [1.54, 1.807) is 4.90 Å². The highest BCUT2D eigenvalue weighted by Crippen LogP contribution is 2.12. The van der Waals surface area contributed by atoms with E-state index in [4.69, 9.17) is 5.73 Å². The van der Waals surface area contributed by atoms with E-state index in [0.717, 1.165) is 19.5 Å². The van der Waals surface area contributed by atoms with E-state index in [2.05, 4.69) is 4.90 Å². The molecule has 0 aromatic heterocycles. The fourth-order valence-corrected chi connectivity index (χ4v) is 2.05. The molecule has 1 atom stereocenters. The number of carbonyl (C=O) groups excluding carboxylic acids is 2. The number of nitrogens with zero attached hydrogens (tertiary/aromatic N) is 2. The van der Waals surface area contributed by atoms with Crippen LogP contribution in [-0.4, -0.2) is 54.3 Å². The molecule has 0 radical (unpaired) electrons. The Morgan fingerprint density at radius 3 is 2.13 bits per heavy atom. The molecule has 1 fully saturated rings. The second-order valence-corrected chi connectivity index (χ2v) is 4.27. The number of amides is 2. The molecule has 1 aliphatic heterocycles. The van der Waals surface area contributed by atoms with Crippen LogP contribution in [0.15, 0.2) is 0 Å². The minimum atomic E-state index is -0.274. The van der Waals surface area contributed by atoms with Crippen molar-refractivity contribution in [3.05, 3.63) is 0 Å². The summed E-state index contributed by atoms with van der Waals surface area (Å²) in [6, 6.07) is -0.209. The molecule has 5 heteroatoms. The van der Waals surface area contributed by atoms with Gasteiger partial charge < -0.3 is 10.6 Å². The largest absolute Gasteiger partial charge is 0.368 e. The minimum absolute atomic E-state index is 0.209. The normalized spacial score (nSPS) is 20.3. The highest BCUT2D eigenvalue weighted by atomic mass is 16.1. The third-order valence-corrected chi connectivity index (χ3v) is 2.81. The maximum Gasteiger partial charge on any atom is 0.235 e. The molecule has 15 heavy (non-hydrogen) atoms. The molecular formula is C10H19N3O2. The van der Waals surface area contributed by atoms with Crippen molar-refractivity contribution < 1.29 is 9.59 Å². The van der Waals surface area contributed by atoms with Gasteiger partial charge >= 0.3 is 0 Å². The average Bonchev–Trinajstić information content (AvgIpc) is 2.18. The maximum atomic E-state index is 11.3. The van der Waals surface area contributed by atoms with Crippen LogP contribution in [0.3, 0.4) is 0 Å². The van der Waals surface area contributed by atoms with Gasteiger partial charge in [-0.25, -0.2) is 0 Å². The third-order valence-electron chi connectivity index (χ3n) is 2.81. The molecule has 1 heterocycles. The van der Waals surface area contributed by atoms with Gasteiger partial charge in [-0.15, -0.1) is 0 Å². The Morgan fingerprint density at radius 1 is 1.27 bits per heavy atom. The van der Waals surface area contributed by atoms with Crippen LogP contribution in [0, 0.1) is 5.92 Å². The van der Waals surface area contributed by atoms with E-state index in [1.807, 2.05) is 13.8 Å². The van der Waals surface area contributed by atoms with Crippen LogP contribution in [0.2, 0.25) is 0 Å². The van der Waals surface area contributed by atoms with E-state index >= 15 is 0 Å². The SMILES string of the molecule is CC(C)C(C(N)=O)N1CCN(C=O)CC1. The Labute approximate surface area is 90.2 Å². The summed E-state index contributed by atoms with van der Waals surface area (Å²) in [4.78, 5) is 25.6. The van der Waals surface area contributed by atoms with Gasteiger partial charge in [-0.1, -0.05) is 13.8 Å². The Balaban J connectivity index is 2.56. The minimum Gasteiger partial charge on any atom is -0.368 e. The van der Waals surface area contributed by atoms with Crippen LogP contribution in [0.5, 0.6) is 0 Å². The molecule has 1 rings (SSSR count). The highest BCUT2D eigenvalue weighted by molar-refractivity contribution is 5.80. The van der Waals surface area contributed by atoms with Crippen molar-refractivity contribution in [2.24, 2.45) is 11.7 Å².